The van der Waals surface area contributed by atoms with Gasteiger partial charge < -0.3 is 10.6 Å². The van der Waals surface area contributed by atoms with Crippen LogP contribution in [0.5, 0.6) is 0 Å². The van der Waals surface area contributed by atoms with Crippen LogP contribution in [-0.4, -0.2) is 29.9 Å². The highest BCUT2D eigenvalue weighted by Gasteiger charge is 2.47. The number of hydrogen-bond acceptors (Lipinski definition) is 2. The quantitative estimate of drug-likeness (QED) is 0.925. The fourth-order valence-electron chi connectivity index (χ4n) is 4.04. The van der Waals surface area contributed by atoms with Gasteiger partial charge in [0.2, 0.25) is 5.91 Å². The maximum absolute atomic E-state index is 12.9. The van der Waals surface area contributed by atoms with E-state index in [1.165, 1.54) is 12.0 Å². The van der Waals surface area contributed by atoms with Gasteiger partial charge in [0, 0.05) is 30.5 Å². The summed E-state index contributed by atoms with van der Waals surface area (Å²) >= 11 is 0. The average Bonchev–Trinajstić information content (AvgIpc) is 2.85. The van der Waals surface area contributed by atoms with E-state index >= 15 is 0 Å². The molecule has 2 aliphatic rings. The molecule has 2 atom stereocenters. The van der Waals surface area contributed by atoms with E-state index < -0.39 is 0 Å². The third-order valence-electron chi connectivity index (χ3n) is 5.37. The normalized spacial score (nSPS) is 27.4. The molecular weight excluding hydrogens is 260 g/mol. The first-order valence-electron chi connectivity index (χ1n) is 8.26. The largest absolute Gasteiger partial charge is 0.340 e. The lowest BCUT2D eigenvalue weighted by atomic mass is 9.65. The van der Waals surface area contributed by atoms with Crippen molar-refractivity contribution in [2.24, 2.45) is 11.1 Å². The Hall–Kier alpha value is -1.35. The predicted molar refractivity (Wildman–Crippen MR) is 84.9 cm³/mol. The van der Waals surface area contributed by atoms with Crippen LogP contribution in [0.1, 0.15) is 50.5 Å². The first-order chi connectivity index (χ1) is 10.2. The zero-order chi connectivity index (χ0) is 14.9. The molecule has 3 nitrogen and oxygen atoms in total. The molecule has 1 aromatic carbocycles. The number of carbonyl (C=O) groups is 1. The van der Waals surface area contributed by atoms with Gasteiger partial charge in [-0.2, -0.15) is 0 Å². The number of likely N-dealkylation sites (tertiary alicyclic amines) is 1. The highest BCUT2D eigenvalue weighted by Crippen LogP contribution is 2.47. The van der Waals surface area contributed by atoms with Gasteiger partial charge in [0.15, 0.2) is 0 Å². The van der Waals surface area contributed by atoms with Gasteiger partial charge in [-0.3, -0.25) is 4.79 Å². The lowest BCUT2D eigenvalue weighted by molar-refractivity contribution is -0.147. The van der Waals surface area contributed by atoms with Crippen molar-refractivity contribution in [2.75, 3.05) is 13.1 Å². The molecule has 3 rings (SSSR count). The summed E-state index contributed by atoms with van der Waals surface area (Å²) in [6.45, 7) is 3.68. The van der Waals surface area contributed by atoms with Crippen LogP contribution in [0.4, 0.5) is 0 Å². The van der Waals surface area contributed by atoms with Gasteiger partial charge >= 0.3 is 0 Å². The zero-order valence-electron chi connectivity index (χ0n) is 12.9. The Labute approximate surface area is 127 Å². The number of nitrogens with two attached hydrogens (primary N) is 1. The second-order valence-electron chi connectivity index (χ2n) is 6.78. The average molecular weight is 286 g/mol. The maximum atomic E-state index is 12.9. The molecule has 0 spiro atoms. The molecule has 1 amide bonds. The van der Waals surface area contributed by atoms with E-state index in [2.05, 4.69) is 31.2 Å². The molecule has 1 aromatic rings. The van der Waals surface area contributed by atoms with Crippen molar-refractivity contribution >= 4 is 5.91 Å². The number of amides is 1. The van der Waals surface area contributed by atoms with Gasteiger partial charge in [-0.05, 0) is 24.8 Å². The molecule has 2 fully saturated rings. The third-order valence-corrected chi connectivity index (χ3v) is 5.37. The Morgan fingerprint density at radius 2 is 2.00 bits per heavy atom. The SMILES string of the molecule is CCCC1(C(=O)N2C[C@@H](N)[C@H](c3ccccc3)C2)CCC1. The smallest absolute Gasteiger partial charge is 0.228 e. The summed E-state index contributed by atoms with van der Waals surface area (Å²) in [6.07, 6.45) is 5.47. The van der Waals surface area contributed by atoms with E-state index in [1.807, 2.05) is 11.0 Å². The van der Waals surface area contributed by atoms with Crippen LogP contribution >= 0.6 is 0 Å². The summed E-state index contributed by atoms with van der Waals surface area (Å²) in [5.41, 5.74) is 7.53. The van der Waals surface area contributed by atoms with Gasteiger partial charge in [-0.25, -0.2) is 0 Å². The van der Waals surface area contributed by atoms with Gasteiger partial charge in [0.05, 0.1) is 0 Å². The lowest BCUT2D eigenvalue weighted by Crippen LogP contribution is -2.47. The topological polar surface area (TPSA) is 46.3 Å². The van der Waals surface area contributed by atoms with Crippen molar-refractivity contribution in [3.8, 4) is 0 Å². The molecule has 2 N–H and O–H groups in total. The molecule has 1 aliphatic carbocycles. The second-order valence-corrected chi connectivity index (χ2v) is 6.78. The van der Waals surface area contributed by atoms with E-state index in [-0.39, 0.29) is 17.4 Å². The molecule has 0 bridgehead atoms. The molecule has 3 heteroatoms. The molecular formula is C18H26N2O. The van der Waals surface area contributed by atoms with E-state index in [4.69, 9.17) is 5.73 Å². The summed E-state index contributed by atoms with van der Waals surface area (Å²) < 4.78 is 0. The van der Waals surface area contributed by atoms with Crippen molar-refractivity contribution in [3.05, 3.63) is 35.9 Å². The number of carbonyl (C=O) groups excluding carboxylic acids is 1. The van der Waals surface area contributed by atoms with Gasteiger partial charge in [0.25, 0.3) is 0 Å². The molecule has 0 unspecified atom stereocenters. The van der Waals surface area contributed by atoms with Crippen LogP contribution in [0.2, 0.25) is 0 Å². The Morgan fingerprint density at radius 1 is 1.29 bits per heavy atom. The summed E-state index contributed by atoms with van der Waals surface area (Å²) in [5.74, 6) is 0.651. The van der Waals surface area contributed by atoms with Crippen molar-refractivity contribution in [3.63, 3.8) is 0 Å². The Kier molecular flexibility index (Phi) is 4.03. The number of hydrogen-bond donors (Lipinski definition) is 1. The van der Waals surface area contributed by atoms with Crippen LogP contribution in [0.3, 0.4) is 0 Å². The molecule has 0 radical (unpaired) electrons. The lowest BCUT2D eigenvalue weighted by Gasteiger charge is -2.42. The first kappa shape index (κ1) is 14.6. The molecule has 1 saturated heterocycles. The molecule has 0 aromatic heterocycles. The van der Waals surface area contributed by atoms with Crippen LogP contribution < -0.4 is 5.73 Å². The molecule has 1 aliphatic heterocycles. The Morgan fingerprint density at radius 3 is 2.57 bits per heavy atom. The Balaban J connectivity index is 1.72. The summed E-state index contributed by atoms with van der Waals surface area (Å²) in [7, 11) is 0. The standard InChI is InChI=1S/C18H26N2O/c1-2-9-18(10-6-11-18)17(21)20-12-15(16(19)13-20)14-7-4-3-5-8-14/h3-5,7-8,15-16H,2,6,9-13,19H2,1H3/t15-,16+/m0/s1. The second kappa shape index (κ2) is 5.80. The minimum Gasteiger partial charge on any atom is -0.340 e. The summed E-state index contributed by atoms with van der Waals surface area (Å²) in [5, 5.41) is 0. The number of nitrogens with zero attached hydrogens (tertiary/aromatic N) is 1. The van der Waals surface area contributed by atoms with E-state index in [1.54, 1.807) is 0 Å². The minimum absolute atomic E-state index is 0.0555. The number of rotatable bonds is 4. The highest BCUT2D eigenvalue weighted by molar-refractivity contribution is 5.84. The van der Waals surface area contributed by atoms with Crippen LogP contribution in [-0.2, 0) is 4.79 Å². The van der Waals surface area contributed by atoms with Crippen LogP contribution in [0, 0.1) is 5.41 Å². The highest BCUT2D eigenvalue weighted by atomic mass is 16.2. The van der Waals surface area contributed by atoms with E-state index in [9.17, 15) is 4.79 Å². The minimum atomic E-state index is -0.0555. The van der Waals surface area contributed by atoms with E-state index in [0.717, 1.165) is 32.2 Å². The van der Waals surface area contributed by atoms with Crippen LogP contribution in [0.25, 0.3) is 0 Å². The monoisotopic (exact) mass is 286 g/mol. The van der Waals surface area contributed by atoms with Crippen molar-refractivity contribution < 1.29 is 4.79 Å². The zero-order valence-corrected chi connectivity index (χ0v) is 12.9. The summed E-state index contributed by atoms with van der Waals surface area (Å²) in [4.78, 5) is 15.0. The van der Waals surface area contributed by atoms with Gasteiger partial charge in [-0.1, -0.05) is 50.1 Å². The maximum Gasteiger partial charge on any atom is 0.228 e. The van der Waals surface area contributed by atoms with E-state index in [0.29, 0.717) is 12.5 Å². The fraction of sp³-hybridized carbons (Fsp3) is 0.611. The molecule has 1 saturated carbocycles. The third kappa shape index (κ3) is 2.59. The van der Waals surface area contributed by atoms with Crippen molar-refractivity contribution in [2.45, 2.75) is 51.0 Å². The molecule has 21 heavy (non-hydrogen) atoms. The molecule has 114 valence electrons. The first-order valence-corrected chi connectivity index (χ1v) is 8.26. The summed E-state index contributed by atoms with van der Waals surface area (Å²) in [6, 6.07) is 10.5. The Bertz CT molecular complexity index is 495. The van der Waals surface area contributed by atoms with Crippen molar-refractivity contribution in [1.29, 1.82) is 0 Å². The molecule has 1 heterocycles. The fourth-order valence-corrected chi connectivity index (χ4v) is 4.04. The number of benzene rings is 1. The predicted octanol–water partition coefficient (Wildman–Crippen LogP) is 2.91. The van der Waals surface area contributed by atoms with Crippen LogP contribution in [0.15, 0.2) is 30.3 Å². The van der Waals surface area contributed by atoms with Gasteiger partial charge in [-0.15, -0.1) is 0 Å². The van der Waals surface area contributed by atoms with Crippen molar-refractivity contribution in [1.82, 2.24) is 4.90 Å². The van der Waals surface area contributed by atoms with Gasteiger partial charge in [0.1, 0.15) is 0 Å².